The number of rotatable bonds is 4. The fraction of sp³-hybridized carbons (Fsp3) is 0.364. The molecule has 2 rings (SSSR count). The van der Waals surface area contributed by atoms with Crippen molar-refractivity contribution in [3.8, 4) is 5.75 Å². The molecule has 0 bridgehead atoms. The Morgan fingerprint density at radius 3 is 2.83 bits per heavy atom. The van der Waals surface area contributed by atoms with Gasteiger partial charge in [0.25, 0.3) is 0 Å². The van der Waals surface area contributed by atoms with Crippen molar-refractivity contribution >= 4 is 29.1 Å². The van der Waals surface area contributed by atoms with Crippen LogP contribution in [0, 0.1) is 0 Å². The summed E-state index contributed by atoms with van der Waals surface area (Å²) in [5, 5.41) is 4.69. The van der Waals surface area contributed by atoms with E-state index in [4.69, 9.17) is 4.74 Å². The fourth-order valence-electron chi connectivity index (χ4n) is 1.48. The van der Waals surface area contributed by atoms with E-state index in [1.807, 2.05) is 0 Å². The highest BCUT2D eigenvalue weighted by atomic mass is 32.1. The van der Waals surface area contributed by atoms with Crippen LogP contribution < -0.4 is 10.2 Å². The van der Waals surface area contributed by atoms with E-state index >= 15 is 0 Å². The van der Waals surface area contributed by atoms with Crippen molar-refractivity contribution < 1.29 is 19.1 Å². The monoisotopic (exact) mass is 268 g/mol. The topological polar surface area (TPSA) is 75.7 Å². The minimum absolute atomic E-state index is 0.0793. The van der Waals surface area contributed by atoms with Gasteiger partial charge in [-0.3, -0.25) is 24.8 Å². The quantitative estimate of drug-likeness (QED) is 0.636. The first kappa shape index (κ1) is 12.6. The molecule has 1 aliphatic rings. The van der Waals surface area contributed by atoms with Crippen molar-refractivity contribution in [3.05, 3.63) is 16.3 Å². The molecule has 18 heavy (non-hydrogen) atoms. The third-order valence-corrected chi connectivity index (χ3v) is 3.19. The molecule has 2 amide bonds. The number of hydrazine groups is 1. The number of nitrogens with one attached hydrogen (secondary N) is 1. The number of hydrogen-bond donors (Lipinski definition) is 1. The summed E-state index contributed by atoms with van der Waals surface area (Å²) in [5.41, 5.74) is 3.13. The lowest BCUT2D eigenvalue weighted by Crippen LogP contribution is -2.54. The molecular formula is C11H12N2O4S. The van der Waals surface area contributed by atoms with Gasteiger partial charge in [0.1, 0.15) is 5.75 Å². The Hall–Kier alpha value is -1.89. The van der Waals surface area contributed by atoms with Crippen LogP contribution in [-0.2, 0) is 20.8 Å². The first-order valence-corrected chi connectivity index (χ1v) is 6.34. The number of carbonyl (C=O) groups excluding carboxylic acids is 3. The maximum atomic E-state index is 11.7. The molecule has 1 N–H and O–H groups in total. The number of esters is 1. The normalized spacial score (nSPS) is 14.1. The molecule has 0 aliphatic carbocycles. The van der Waals surface area contributed by atoms with Crippen LogP contribution in [0.15, 0.2) is 10.8 Å². The second-order valence-electron chi connectivity index (χ2n) is 3.86. The highest BCUT2D eigenvalue weighted by Crippen LogP contribution is 2.24. The average Bonchev–Trinajstić information content (AvgIpc) is 2.71. The summed E-state index contributed by atoms with van der Waals surface area (Å²) in [6, 6.07) is 0. The molecule has 0 unspecified atom stereocenters. The lowest BCUT2D eigenvalue weighted by molar-refractivity contribution is -0.149. The van der Waals surface area contributed by atoms with Gasteiger partial charge in [0.15, 0.2) is 0 Å². The number of carbonyl (C=O) groups is 3. The molecule has 2 heterocycles. The van der Waals surface area contributed by atoms with Crippen LogP contribution >= 0.6 is 11.3 Å². The highest BCUT2D eigenvalue weighted by Gasteiger charge is 2.25. The molecule has 0 spiro atoms. The maximum absolute atomic E-state index is 11.7. The largest absolute Gasteiger partial charge is 0.426 e. The van der Waals surface area contributed by atoms with Crippen LogP contribution in [-0.4, -0.2) is 29.3 Å². The zero-order valence-corrected chi connectivity index (χ0v) is 10.6. The van der Waals surface area contributed by atoms with Crippen molar-refractivity contribution in [3.63, 3.8) is 0 Å². The molecule has 7 heteroatoms. The summed E-state index contributed by atoms with van der Waals surface area (Å²) < 4.78 is 4.96. The summed E-state index contributed by atoms with van der Waals surface area (Å²) in [4.78, 5) is 33.5. The Kier molecular flexibility index (Phi) is 3.61. The Morgan fingerprint density at radius 1 is 1.50 bits per heavy atom. The van der Waals surface area contributed by atoms with Gasteiger partial charge in [0.05, 0.1) is 13.0 Å². The highest BCUT2D eigenvalue weighted by molar-refractivity contribution is 7.08. The molecule has 0 atom stereocenters. The van der Waals surface area contributed by atoms with Gasteiger partial charge in [-0.1, -0.05) is 0 Å². The Balaban J connectivity index is 1.92. The third-order valence-electron chi connectivity index (χ3n) is 2.42. The first-order valence-electron chi connectivity index (χ1n) is 5.39. The standard InChI is InChI=1S/C11H12N2O4S/c1-7(14)17-9-6-18-5-8(9)4-10(15)12-13-3-2-11(13)16/h5-6H,2-4H2,1H3,(H,12,15). The van der Waals surface area contributed by atoms with Gasteiger partial charge in [-0.05, 0) is 5.38 Å². The molecule has 1 saturated heterocycles. The smallest absolute Gasteiger partial charge is 0.308 e. The molecular weight excluding hydrogens is 256 g/mol. The maximum Gasteiger partial charge on any atom is 0.308 e. The van der Waals surface area contributed by atoms with E-state index in [9.17, 15) is 14.4 Å². The zero-order chi connectivity index (χ0) is 13.1. The number of thiophene rings is 1. The van der Waals surface area contributed by atoms with E-state index < -0.39 is 5.97 Å². The van der Waals surface area contributed by atoms with Gasteiger partial charge < -0.3 is 4.74 Å². The lowest BCUT2D eigenvalue weighted by atomic mass is 10.2. The van der Waals surface area contributed by atoms with E-state index in [-0.39, 0.29) is 18.2 Å². The molecule has 0 aromatic carbocycles. The van der Waals surface area contributed by atoms with E-state index in [0.29, 0.717) is 24.3 Å². The first-order chi connectivity index (χ1) is 8.56. The summed E-state index contributed by atoms with van der Waals surface area (Å²) in [5.74, 6) is -0.408. The Labute approximate surface area is 107 Å². The van der Waals surface area contributed by atoms with Crippen LogP contribution in [0.2, 0.25) is 0 Å². The van der Waals surface area contributed by atoms with E-state index in [1.54, 1.807) is 10.8 Å². The summed E-state index contributed by atoms with van der Waals surface area (Å²) >= 11 is 1.35. The van der Waals surface area contributed by atoms with Crippen LogP contribution in [0.25, 0.3) is 0 Å². The molecule has 6 nitrogen and oxygen atoms in total. The van der Waals surface area contributed by atoms with Gasteiger partial charge in [-0.2, -0.15) is 0 Å². The van der Waals surface area contributed by atoms with Crippen molar-refractivity contribution in [2.24, 2.45) is 0 Å². The summed E-state index contributed by atoms with van der Waals surface area (Å²) in [6.07, 6.45) is 0.549. The second kappa shape index (κ2) is 5.18. The van der Waals surface area contributed by atoms with E-state index in [0.717, 1.165) is 0 Å². The molecule has 1 aliphatic heterocycles. The van der Waals surface area contributed by atoms with Gasteiger partial charge in [-0.15, -0.1) is 11.3 Å². The average molecular weight is 268 g/mol. The minimum Gasteiger partial charge on any atom is -0.426 e. The van der Waals surface area contributed by atoms with Gasteiger partial charge in [-0.25, -0.2) is 0 Å². The van der Waals surface area contributed by atoms with Crippen molar-refractivity contribution in [1.29, 1.82) is 0 Å². The van der Waals surface area contributed by atoms with Crippen LogP contribution in [0.5, 0.6) is 5.75 Å². The third kappa shape index (κ3) is 2.86. The van der Waals surface area contributed by atoms with Crippen molar-refractivity contribution in [2.45, 2.75) is 19.8 Å². The molecule has 1 fully saturated rings. The number of β-lactam (4-membered cyclic amide) rings is 1. The zero-order valence-electron chi connectivity index (χ0n) is 9.76. The second-order valence-corrected chi connectivity index (χ2v) is 4.61. The van der Waals surface area contributed by atoms with Crippen molar-refractivity contribution in [2.75, 3.05) is 6.54 Å². The predicted molar refractivity (Wildman–Crippen MR) is 63.8 cm³/mol. The summed E-state index contributed by atoms with van der Waals surface area (Å²) in [7, 11) is 0. The Bertz CT molecular complexity index is 497. The lowest BCUT2D eigenvalue weighted by Gasteiger charge is -2.30. The predicted octanol–water partition coefficient (Wildman–Crippen LogP) is 0.479. The van der Waals surface area contributed by atoms with Gasteiger partial charge >= 0.3 is 5.97 Å². The number of ether oxygens (including phenoxy) is 1. The Morgan fingerprint density at radius 2 is 2.28 bits per heavy atom. The molecule has 96 valence electrons. The van der Waals surface area contributed by atoms with Crippen LogP contribution in [0.4, 0.5) is 0 Å². The van der Waals surface area contributed by atoms with Gasteiger partial charge in [0, 0.05) is 24.3 Å². The molecule has 0 radical (unpaired) electrons. The molecule has 0 saturated carbocycles. The number of hydrogen-bond acceptors (Lipinski definition) is 5. The fourth-order valence-corrected chi connectivity index (χ4v) is 2.24. The SMILES string of the molecule is CC(=O)Oc1cscc1CC(=O)NN1CCC1=O. The molecule has 1 aromatic heterocycles. The van der Waals surface area contributed by atoms with Crippen molar-refractivity contribution in [1.82, 2.24) is 10.4 Å². The minimum atomic E-state index is -0.423. The number of amides is 2. The summed E-state index contributed by atoms with van der Waals surface area (Å²) in [6.45, 7) is 1.85. The van der Waals surface area contributed by atoms with Crippen LogP contribution in [0.1, 0.15) is 18.9 Å². The van der Waals surface area contributed by atoms with E-state index in [1.165, 1.54) is 23.3 Å². The van der Waals surface area contributed by atoms with E-state index in [2.05, 4.69) is 5.43 Å². The van der Waals surface area contributed by atoms with Gasteiger partial charge in [0.2, 0.25) is 11.8 Å². The molecule has 1 aromatic rings. The number of nitrogens with zero attached hydrogens (tertiary/aromatic N) is 1. The van der Waals surface area contributed by atoms with Crippen LogP contribution in [0.3, 0.4) is 0 Å².